The van der Waals surface area contributed by atoms with Crippen molar-refractivity contribution >= 4 is 33.9 Å². The molecule has 3 rings (SSSR count). The van der Waals surface area contributed by atoms with Gasteiger partial charge in [0.2, 0.25) is 5.91 Å². The lowest BCUT2D eigenvalue weighted by atomic mass is 9.86. The lowest BCUT2D eigenvalue weighted by Gasteiger charge is -2.19. The highest BCUT2D eigenvalue weighted by Crippen LogP contribution is 2.37. The highest BCUT2D eigenvalue weighted by atomic mass is 32.1. The third-order valence-corrected chi connectivity index (χ3v) is 5.93. The fraction of sp³-hybridized carbons (Fsp3) is 0.381. The summed E-state index contributed by atoms with van der Waals surface area (Å²) in [6.45, 7) is 6.43. The maximum atomic E-state index is 12.5. The van der Waals surface area contributed by atoms with Crippen LogP contribution in [-0.4, -0.2) is 17.6 Å². The van der Waals surface area contributed by atoms with Crippen molar-refractivity contribution in [2.24, 2.45) is 5.73 Å². The molecule has 1 aliphatic carbocycles. The molecule has 0 bridgehead atoms. The van der Waals surface area contributed by atoms with Gasteiger partial charge in [0.15, 0.2) is 0 Å². The van der Waals surface area contributed by atoms with Crippen molar-refractivity contribution in [3.63, 3.8) is 0 Å². The molecule has 27 heavy (non-hydrogen) atoms. The number of carbonyl (C=O) groups is 3. The Hall–Kier alpha value is -2.47. The number of Topliss-reactive ketones (excluding diaryl/α,β-unsaturated/α-hetero) is 1. The second-order valence-electron chi connectivity index (χ2n) is 7.96. The Bertz CT molecular complexity index is 905. The highest BCUT2D eigenvalue weighted by Gasteiger charge is 2.27. The molecule has 1 aliphatic rings. The van der Waals surface area contributed by atoms with Gasteiger partial charge in [-0.25, -0.2) is 0 Å². The van der Waals surface area contributed by atoms with Crippen molar-refractivity contribution in [2.75, 3.05) is 5.32 Å². The molecule has 0 spiro atoms. The van der Waals surface area contributed by atoms with Gasteiger partial charge in [-0.15, -0.1) is 11.3 Å². The largest absolute Gasteiger partial charge is 0.365 e. The van der Waals surface area contributed by atoms with Gasteiger partial charge in [0, 0.05) is 17.7 Å². The molecule has 3 N–H and O–H groups in total. The van der Waals surface area contributed by atoms with E-state index in [4.69, 9.17) is 5.73 Å². The predicted molar refractivity (Wildman–Crippen MR) is 107 cm³/mol. The quantitative estimate of drug-likeness (QED) is 0.847. The second kappa shape index (κ2) is 7.27. The number of amides is 2. The molecule has 0 aliphatic heterocycles. The van der Waals surface area contributed by atoms with Gasteiger partial charge in [-0.1, -0.05) is 45.0 Å². The lowest BCUT2D eigenvalue weighted by molar-refractivity contribution is -0.118. The van der Waals surface area contributed by atoms with Gasteiger partial charge in [-0.2, -0.15) is 0 Å². The van der Waals surface area contributed by atoms with Crippen LogP contribution < -0.4 is 11.1 Å². The topological polar surface area (TPSA) is 89.3 Å². The van der Waals surface area contributed by atoms with Crippen molar-refractivity contribution in [1.82, 2.24) is 0 Å². The van der Waals surface area contributed by atoms with Crippen LogP contribution in [0.15, 0.2) is 24.3 Å². The van der Waals surface area contributed by atoms with Crippen LogP contribution in [0.5, 0.6) is 0 Å². The molecule has 1 aromatic carbocycles. The van der Waals surface area contributed by atoms with E-state index in [0.717, 1.165) is 16.0 Å². The monoisotopic (exact) mass is 384 g/mol. The van der Waals surface area contributed by atoms with Gasteiger partial charge in [-0.05, 0) is 28.5 Å². The number of ketones is 1. The van der Waals surface area contributed by atoms with Gasteiger partial charge < -0.3 is 11.1 Å². The molecule has 6 heteroatoms. The molecule has 1 heterocycles. The van der Waals surface area contributed by atoms with E-state index >= 15 is 0 Å². The lowest BCUT2D eigenvalue weighted by Crippen LogP contribution is -2.20. The molecule has 142 valence electrons. The summed E-state index contributed by atoms with van der Waals surface area (Å²) < 4.78 is 0. The summed E-state index contributed by atoms with van der Waals surface area (Å²) >= 11 is 1.29. The number of nitrogens with two attached hydrogens (primary N) is 1. The summed E-state index contributed by atoms with van der Waals surface area (Å²) in [6, 6.07) is 7.97. The van der Waals surface area contributed by atoms with Gasteiger partial charge in [0.1, 0.15) is 10.8 Å². The van der Waals surface area contributed by atoms with E-state index in [-0.39, 0.29) is 23.5 Å². The van der Waals surface area contributed by atoms with Gasteiger partial charge in [0.05, 0.1) is 12.0 Å². The minimum absolute atomic E-state index is 0.0602. The van der Waals surface area contributed by atoms with Crippen LogP contribution in [0.3, 0.4) is 0 Å². The summed E-state index contributed by atoms with van der Waals surface area (Å²) in [4.78, 5) is 36.9. The Balaban J connectivity index is 1.76. The average molecular weight is 385 g/mol. The molecule has 0 atom stereocenters. The minimum Gasteiger partial charge on any atom is -0.365 e. The SMILES string of the molecule is CC(C)(C)c1ccc(CC(=O)Nc2sc3c(c2C(N)=O)CCC(=O)C3)cc1. The second-order valence-corrected chi connectivity index (χ2v) is 9.06. The zero-order valence-corrected chi connectivity index (χ0v) is 16.7. The van der Waals surface area contributed by atoms with E-state index < -0.39 is 5.91 Å². The van der Waals surface area contributed by atoms with E-state index in [1.165, 1.54) is 16.9 Å². The van der Waals surface area contributed by atoms with E-state index in [0.29, 0.717) is 29.8 Å². The number of primary amides is 1. The molecule has 1 aromatic heterocycles. The molecule has 2 aromatic rings. The van der Waals surface area contributed by atoms with Crippen LogP contribution in [0.1, 0.15) is 59.1 Å². The Morgan fingerprint density at radius 3 is 2.41 bits per heavy atom. The fourth-order valence-corrected chi connectivity index (χ4v) is 4.58. The standard InChI is InChI=1S/C21H24N2O3S/c1-21(2,3)13-6-4-12(5-7-13)10-17(25)23-20-18(19(22)26)15-9-8-14(24)11-16(15)27-20/h4-7H,8-11H2,1-3H3,(H2,22,26)(H,23,25). The van der Waals surface area contributed by atoms with E-state index in [1.807, 2.05) is 24.3 Å². The normalized spacial score (nSPS) is 14.0. The van der Waals surface area contributed by atoms with Gasteiger partial charge >= 0.3 is 0 Å². The van der Waals surface area contributed by atoms with Crippen molar-refractivity contribution in [2.45, 2.75) is 51.9 Å². The van der Waals surface area contributed by atoms with E-state index in [1.54, 1.807) is 0 Å². The number of nitrogens with one attached hydrogen (secondary N) is 1. The first-order valence-corrected chi connectivity index (χ1v) is 9.82. The van der Waals surface area contributed by atoms with Gasteiger partial charge in [0.25, 0.3) is 5.91 Å². The number of hydrogen-bond donors (Lipinski definition) is 2. The van der Waals surface area contributed by atoms with Crippen LogP contribution >= 0.6 is 11.3 Å². The number of rotatable bonds is 4. The zero-order valence-electron chi connectivity index (χ0n) is 15.8. The smallest absolute Gasteiger partial charge is 0.251 e. The first-order valence-electron chi connectivity index (χ1n) is 9.00. The van der Waals surface area contributed by atoms with Crippen LogP contribution in [-0.2, 0) is 34.3 Å². The number of anilines is 1. The number of hydrogen-bond acceptors (Lipinski definition) is 4. The first kappa shape index (κ1) is 19.3. The van der Waals surface area contributed by atoms with Crippen LogP contribution in [0.2, 0.25) is 0 Å². The molecule has 0 unspecified atom stereocenters. The highest BCUT2D eigenvalue weighted by molar-refractivity contribution is 7.17. The molecule has 2 amide bonds. The summed E-state index contributed by atoms with van der Waals surface area (Å²) in [5.74, 6) is -0.616. The van der Waals surface area contributed by atoms with Crippen molar-refractivity contribution < 1.29 is 14.4 Å². The number of fused-ring (bicyclic) bond motifs is 1. The van der Waals surface area contributed by atoms with Gasteiger partial charge in [-0.3, -0.25) is 14.4 Å². The van der Waals surface area contributed by atoms with Crippen molar-refractivity contribution in [3.8, 4) is 0 Å². The predicted octanol–water partition coefficient (Wildman–Crippen LogP) is 3.38. The van der Waals surface area contributed by atoms with E-state index in [9.17, 15) is 14.4 Å². The minimum atomic E-state index is -0.563. The molecule has 0 radical (unpaired) electrons. The number of thiophene rings is 1. The molecule has 0 saturated heterocycles. The van der Waals surface area contributed by atoms with Crippen molar-refractivity contribution in [3.05, 3.63) is 51.4 Å². The zero-order chi connectivity index (χ0) is 19.8. The fourth-order valence-electron chi connectivity index (χ4n) is 3.28. The molecule has 0 saturated carbocycles. The summed E-state index contributed by atoms with van der Waals surface area (Å²) in [5.41, 5.74) is 8.88. The maximum absolute atomic E-state index is 12.5. The summed E-state index contributed by atoms with van der Waals surface area (Å²) in [5, 5.41) is 3.28. The molecule has 5 nitrogen and oxygen atoms in total. The summed E-state index contributed by atoms with van der Waals surface area (Å²) in [7, 11) is 0. The van der Waals surface area contributed by atoms with E-state index in [2.05, 4.69) is 26.1 Å². The Morgan fingerprint density at radius 2 is 1.81 bits per heavy atom. The Morgan fingerprint density at radius 1 is 1.15 bits per heavy atom. The third-order valence-electron chi connectivity index (χ3n) is 4.79. The average Bonchev–Trinajstić information content (AvgIpc) is 2.91. The third kappa shape index (κ3) is 4.27. The van der Waals surface area contributed by atoms with Crippen LogP contribution in [0.4, 0.5) is 5.00 Å². The summed E-state index contributed by atoms with van der Waals surface area (Å²) in [6.07, 6.45) is 1.44. The number of benzene rings is 1. The van der Waals surface area contributed by atoms with Crippen LogP contribution in [0, 0.1) is 0 Å². The Kier molecular flexibility index (Phi) is 5.20. The molecular weight excluding hydrogens is 360 g/mol. The maximum Gasteiger partial charge on any atom is 0.251 e. The Labute approximate surface area is 163 Å². The molecule has 0 fully saturated rings. The van der Waals surface area contributed by atoms with Crippen LogP contribution in [0.25, 0.3) is 0 Å². The number of carbonyl (C=O) groups excluding carboxylic acids is 3. The first-order chi connectivity index (χ1) is 12.6. The molecular formula is C21H24N2O3S. The van der Waals surface area contributed by atoms with Crippen molar-refractivity contribution in [1.29, 1.82) is 0 Å².